The first kappa shape index (κ1) is 21.7. The van der Waals surface area contributed by atoms with Crippen LogP contribution in [0.4, 0.5) is 11.8 Å². The van der Waals surface area contributed by atoms with E-state index in [2.05, 4.69) is 54.2 Å². The molecule has 1 saturated heterocycles. The molecule has 9 nitrogen and oxygen atoms in total. The SMILES string of the molecule is C[C@H](c1ccnc(Nc2nc3ccc(-c4ccncn4)cc3[nH]2)c1)N1CCN(C(=O)C2CC2)CC1. The molecular weight excluding hydrogens is 440 g/mol. The molecule has 1 amide bonds. The van der Waals surface area contributed by atoms with E-state index in [4.69, 9.17) is 0 Å². The Morgan fingerprint density at radius 2 is 1.91 bits per heavy atom. The second kappa shape index (κ2) is 9.07. The van der Waals surface area contributed by atoms with Crippen LogP contribution in [-0.4, -0.2) is 66.8 Å². The summed E-state index contributed by atoms with van der Waals surface area (Å²) in [4.78, 5) is 37.6. The van der Waals surface area contributed by atoms with Crippen LogP contribution in [0.1, 0.15) is 31.4 Å². The van der Waals surface area contributed by atoms with Gasteiger partial charge >= 0.3 is 0 Å². The minimum atomic E-state index is 0.239. The third-order valence-corrected chi connectivity index (χ3v) is 6.97. The molecule has 1 aliphatic carbocycles. The number of benzene rings is 1. The molecule has 2 N–H and O–H groups in total. The van der Waals surface area contributed by atoms with Crippen LogP contribution in [0.25, 0.3) is 22.3 Å². The third kappa shape index (κ3) is 4.59. The lowest BCUT2D eigenvalue weighted by Gasteiger charge is -2.38. The van der Waals surface area contributed by atoms with Crippen molar-refractivity contribution < 1.29 is 4.79 Å². The first-order valence-electron chi connectivity index (χ1n) is 12.2. The second-order valence-corrected chi connectivity index (χ2v) is 9.32. The van der Waals surface area contributed by atoms with E-state index < -0.39 is 0 Å². The van der Waals surface area contributed by atoms with Gasteiger partial charge in [0.25, 0.3) is 0 Å². The van der Waals surface area contributed by atoms with Crippen molar-refractivity contribution in [2.24, 2.45) is 5.92 Å². The van der Waals surface area contributed by atoms with Gasteiger partial charge in [0.2, 0.25) is 11.9 Å². The molecule has 0 bridgehead atoms. The highest BCUT2D eigenvalue weighted by Crippen LogP contribution is 2.32. The second-order valence-electron chi connectivity index (χ2n) is 9.32. The number of amides is 1. The molecular formula is C26H28N8O. The Labute approximate surface area is 203 Å². The van der Waals surface area contributed by atoms with E-state index in [0.29, 0.717) is 17.8 Å². The number of imidazole rings is 1. The number of nitrogens with one attached hydrogen (secondary N) is 2. The quantitative estimate of drug-likeness (QED) is 0.444. The molecule has 6 rings (SSSR count). The molecule has 0 spiro atoms. The lowest BCUT2D eigenvalue weighted by atomic mass is 10.1. The average Bonchev–Trinajstić information content (AvgIpc) is 3.68. The van der Waals surface area contributed by atoms with Gasteiger partial charge in [0.15, 0.2) is 0 Å². The van der Waals surface area contributed by atoms with Gasteiger partial charge in [-0.05, 0) is 55.7 Å². The standard InChI is InChI=1S/C26H28N8O/c1-17(33-10-12-34(13-11-33)25(35)18-2-3-18)19-6-9-28-24(15-19)32-26-30-22-5-4-20(14-23(22)31-26)21-7-8-27-16-29-21/h4-9,14-18H,2-3,10-13H2,1H3,(H2,28,30,31,32)/t17-/m1/s1. The highest BCUT2D eigenvalue weighted by atomic mass is 16.2. The molecule has 4 aromatic rings. The molecule has 0 unspecified atom stereocenters. The molecule has 2 fully saturated rings. The maximum absolute atomic E-state index is 12.4. The predicted molar refractivity (Wildman–Crippen MR) is 134 cm³/mol. The number of carbonyl (C=O) groups excluding carboxylic acids is 1. The van der Waals surface area contributed by atoms with Crippen molar-refractivity contribution in [3.05, 3.63) is 60.7 Å². The molecule has 1 saturated carbocycles. The minimum absolute atomic E-state index is 0.239. The lowest BCUT2D eigenvalue weighted by Crippen LogP contribution is -2.49. The zero-order valence-corrected chi connectivity index (χ0v) is 19.7. The Kier molecular flexibility index (Phi) is 5.61. The van der Waals surface area contributed by atoms with E-state index in [0.717, 1.165) is 67.1 Å². The number of hydrogen-bond acceptors (Lipinski definition) is 7. The monoisotopic (exact) mass is 468 g/mol. The van der Waals surface area contributed by atoms with Gasteiger partial charge in [-0.25, -0.2) is 19.9 Å². The van der Waals surface area contributed by atoms with Crippen LogP contribution >= 0.6 is 0 Å². The highest BCUT2D eigenvalue weighted by molar-refractivity contribution is 5.83. The zero-order valence-electron chi connectivity index (χ0n) is 19.7. The van der Waals surface area contributed by atoms with Gasteiger partial charge in [-0.2, -0.15) is 0 Å². The topological polar surface area (TPSA) is 103 Å². The molecule has 4 heterocycles. The fourth-order valence-electron chi connectivity index (χ4n) is 4.71. The van der Waals surface area contributed by atoms with Crippen molar-refractivity contribution in [3.63, 3.8) is 0 Å². The Morgan fingerprint density at radius 1 is 1.06 bits per heavy atom. The van der Waals surface area contributed by atoms with Gasteiger partial charge in [-0.1, -0.05) is 6.07 Å². The number of anilines is 2. The van der Waals surface area contributed by atoms with E-state index in [1.165, 1.54) is 5.56 Å². The van der Waals surface area contributed by atoms with Crippen LogP contribution in [0.2, 0.25) is 0 Å². The number of hydrogen-bond donors (Lipinski definition) is 2. The van der Waals surface area contributed by atoms with Crippen molar-refractivity contribution in [2.45, 2.75) is 25.8 Å². The molecule has 35 heavy (non-hydrogen) atoms. The lowest BCUT2D eigenvalue weighted by molar-refractivity contribution is -0.134. The van der Waals surface area contributed by atoms with Crippen LogP contribution in [-0.2, 0) is 4.79 Å². The van der Waals surface area contributed by atoms with Gasteiger partial charge in [0.1, 0.15) is 12.1 Å². The number of piperazine rings is 1. The first-order chi connectivity index (χ1) is 17.1. The normalized spacial score (nSPS) is 17.5. The largest absolute Gasteiger partial charge is 0.340 e. The summed E-state index contributed by atoms with van der Waals surface area (Å²) in [5, 5.41) is 3.32. The number of nitrogens with zero attached hydrogens (tertiary/aromatic N) is 6. The van der Waals surface area contributed by atoms with E-state index >= 15 is 0 Å². The fraction of sp³-hybridized carbons (Fsp3) is 0.346. The molecule has 0 radical (unpaired) electrons. The van der Waals surface area contributed by atoms with E-state index in [9.17, 15) is 4.79 Å². The maximum atomic E-state index is 12.4. The summed E-state index contributed by atoms with van der Waals surface area (Å²) in [6.45, 7) is 5.62. The summed E-state index contributed by atoms with van der Waals surface area (Å²) < 4.78 is 0. The molecule has 178 valence electrons. The van der Waals surface area contributed by atoms with Crippen molar-refractivity contribution >= 4 is 28.7 Å². The van der Waals surface area contributed by atoms with Gasteiger partial charge in [0.05, 0.1) is 16.7 Å². The van der Waals surface area contributed by atoms with E-state index in [-0.39, 0.29) is 6.04 Å². The summed E-state index contributed by atoms with van der Waals surface area (Å²) in [6, 6.07) is 12.3. The summed E-state index contributed by atoms with van der Waals surface area (Å²) in [5.41, 5.74) is 4.85. The maximum Gasteiger partial charge on any atom is 0.225 e. The Balaban J connectivity index is 1.14. The molecule has 1 aromatic carbocycles. The summed E-state index contributed by atoms with van der Waals surface area (Å²) in [7, 11) is 0. The Hall–Kier alpha value is -3.85. The first-order valence-corrected chi connectivity index (χ1v) is 12.2. The summed E-state index contributed by atoms with van der Waals surface area (Å²) >= 11 is 0. The van der Waals surface area contributed by atoms with Gasteiger partial charge < -0.3 is 15.2 Å². The predicted octanol–water partition coefficient (Wildman–Crippen LogP) is 3.77. The van der Waals surface area contributed by atoms with Gasteiger partial charge in [0, 0.05) is 56.1 Å². The molecule has 3 aromatic heterocycles. The van der Waals surface area contributed by atoms with Crippen molar-refractivity contribution in [2.75, 3.05) is 31.5 Å². The third-order valence-electron chi connectivity index (χ3n) is 6.97. The number of aromatic nitrogens is 5. The highest BCUT2D eigenvalue weighted by Gasteiger charge is 2.35. The number of carbonyl (C=O) groups is 1. The van der Waals surface area contributed by atoms with Gasteiger partial charge in [-0.3, -0.25) is 9.69 Å². The fourth-order valence-corrected chi connectivity index (χ4v) is 4.71. The van der Waals surface area contributed by atoms with E-state index in [1.54, 1.807) is 12.5 Å². The summed E-state index contributed by atoms with van der Waals surface area (Å²) in [5.74, 6) is 2.03. The van der Waals surface area contributed by atoms with Crippen LogP contribution in [0.15, 0.2) is 55.1 Å². The number of pyridine rings is 1. The Bertz CT molecular complexity index is 1340. The average molecular weight is 469 g/mol. The van der Waals surface area contributed by atoms with E-state index in [1.807, 2.05) is 35.4 Å². The van der Waals surface area contributed by atoms with Crippen molar-refractivity contribution in [1.29, 1.82) is 0 Å². The minimum Gasteiger partial charge on any atom is -0.340 e. The number of aromatic amines is 1. The van der Waals surface area contributed by atoms with Crippen molar-refractivity contribution in [3.8, 4) is 11.3 Å². The van der Waals surface area contributed by atoms with Crippen LogP contribution in [0, 0.1) is 5.92 Å². The smallest absolute Gasteiger partial charge is 0.225 e. The van der Waals surface area contributed by atoms with Gasteiger partial charge in [-0.15, -0.1) is 0 Å². The zero-order chi connectivity index (χ0) is 23.8. The van der Waals surface area contributed by atoms with Crippen LogP contribution in [0.5, 0.6) is 0 Å². The summed E-state index contributed by atoms with van der Waals surface area (Å²) in [6.07, 6.45) is 7.25. The molecule has 1 aliphatic heterocycles. The van der Waals surface area contributed by atoms with Crippen molar-refractivity contribution in [1.82, 2.24) is 34.7 Å². The Morgan fingerprint density at radius 3 is 2.69 bits per heavy atom. The number of H-pyrrole nitrogens is 1. The van der Waals surface area contributed by atoms with Crippen LogP contribution in [0.3, 0.4) is 0 Å². The number of fused-ring (bicyclic) bond motifs is 1. The number of rotatable bonds is 6. The molecule has 9 heteroatoms. The molecule has 2 aliphatic rings. The molecule has 1 atom stereocenters. The van der Waals surface area contributed by atoms with Crippen LogP contribution < -0.4 is 5.32 Å².